The van der Waals surface area contributed by atoms with Gasteiger partial charge in [0, 0.05) is 36.5 Å². The summed E-state index contributed by atoms with van der Waals surface area (Å²) in [5.41, 5.74) is 1.54. The molecule has 1 saturated carbocycles. The Balaban J connectivity index is 1.77. The smallest absolute Gasteiger partial charge is 0.222 e. The number of hydrogen-bond acceptors (Lipinski definition) is 5. The molecule has 0 spiro atoms. The maximum absolute atomic E-state index is 14.1. The maximum atomic E-state index is 14.1. The van der Waals surface area contributed by atoms with E-state index in [9.17, 15) is 9.18 Å². The van der Waals surface area contributed by atoms with Crippen LogP contribution in [0.3, 0.4) is 0 Å². The van der Waals surface area contributed by atoms with Crippen molar-refractivity contribution in [1.82, 2.24) is 15.6 Å². The molecule has 3 rings (SSSR count). The number of amides is 1. The van der Waals surface area contributed by atoms with Gasteiger partial charge in [0.1, 0.15) is 17.5 Å². The molecule has 6 nitrogen and oxygen atoms in total. The van der Waals surface area contributed by atoms with Gasteiger partial charge in [-0.3, -0.25) is 10.2 Å². The van der Waals surface area contributed by atoms with Crippen molar-refractivity contribution in [2.75, 3.05) is 11.9 Å². The number of amidine groups is 1. The number of carbonyl (C=O) groups excluding carboxylic acids is 1. The van der Waals surface area contributed by atoms with Crippen LogP contribution in [0.5, 0.6) is 0 Å². The number of halogens is 1. The van der Waals surface area contributed by atoms with E-state index < -0.39 is 0 Å². The van der Waals surface area contributed by atoms with Gasteiger partial charge in [-0.15, -0.1) is 0 Å². The summed E-state index contributed by atoms with van der Waals surface area (Å²) >= 11 is 0. The minimum absolute atomic E-state index is 0.0150. The van der Waals surface area contributed by atoms with Gasteiger partial charge in [0.25, 0.3) is 0 Å². The molecule has 7 heteroatoms. The molecule has 31 heavy (non-hydrogen) atoms. The van der Waals surface area contributed by atoms with Crippen molar-refractivity contribution in [1.29, 1.82) is 5.41 Å². The first-order chi connectivity index (χ1) is 14.9. The number of anilines is 1. The van der Waals surface area contributed by atoms with E-state index in [0.717, 1.165) is 18.2 Å². The van der Waals surface area contributed by atoms with Crippen molar-refractivity contribution in [3.05, 3.63) is 35.1 Å². The average Bonchev–Trinajstić information content (AvgIpc) is 2.75. The normalized spacial score (nSPS) is 15.6. The molecule has 0 radical (unpaired) electrons. The summed E-state index contributed by atoms with van der Waals surface area (Å²) in [7, 11) is 0. The van der Waals surface area contributed by atoms with E-state index in [1.807, 2.05) is 0 Å². The highest BCUT2D eigenvalue weighted by atomic mass is 19.1. The summed E-state index contributed by atoms with van der Waals surface area (Å²) in [5.74, 6) is -0.140. The second-order valence-corrected chi connectivity index (χ2v) is 8.51. The Morgan fingerprint density at radius 1 is 1.29 bits per heavy atom. The Bertz CT molecular complexity index is 939. The highest BCUT2D eigenvalue weighted by Crippen LogP contribution is 2.25. The van der Waals surface area contributed by atoms with Crippen LogP contribution < -0.4 is 16.0 Å². The van der Waals surface area contributed by atoms with Gasteiger partial charge in [-0.25, -0.2) is 9.37 Å². The largest absolute Gasteiger partial charge is 0.369 e. The van der Waals surface area contributed by atoms with Crippen LogP contribution in [0.2, 0.25) is 0 Å². The number of carbonyl (C=O) groups is 1. The van der Waals surface area contributed by atoms with Crippen molar-refractivity contribution >= 4 is 28.5 Å². The standard InChI is InChI=1S/C24H34FN5O/c1-4-18(29-19-8-6-5-7-9-19)12-13-27-24-20(23(26)28-16(3)31)14-17-10-11-21(25)15(2)22(17)30-24/h10-11,14,18-19,29H,4-9,12-13H2,1-3H3,(H,27,30)(H2,26,28,31). The van der Waals surface area contributed by atoms with E-state index in [4.69, 9.17) is 5.41 Å². The number of rotatable bonds is 8. The number of fused-ring (bicyclic) bond motifs is 1. The van der Waals surface area contributed by atoms with Gasteiger partial charge in [0.15, 0.2) is 0 Å². The van der Waals surface area contributed by atoms with E-state index in [0.29, 0.717) is 41.1 Å². The van der Waals surface area contributed by atoms with Crippen LogP contribution in [-0.4, -0.2) is 35.4 Å². The van der Waals surface area contributed by atoms with Crippen LogP contribution in [0.1, 0.15) is 69.9 Å². The molecule has 0 bridgehead atoms. The number of hydrogen-bond donors (Lipinski definition) is 4. The zero-order valence-corrected chi connectivity index (χ0v) is 18.8. The first-order valence-corrected chi connectivity index (χ1v) is 11.3. The minimum atomic E-state index is -0.311. The van der Waals surface area contributed by atoms with Crippen molar-refractivity contribution in [3.63, 3.8) is 0 Å². The molecule has 1 atom stereocenters. The van der Waals surface area contributed by atoms with Gasteiger partial charge in [0.05, 0.1) is 11.1 Å². The number of benzene rings is 1. The molecule has 1 aliphatic rings. The summed E-state index contributed by atoms with van der Waals surface area (Å²) < 4.78 is 14.1. The predicted octanol–water partition coefficient (Wildman–Crippen LogP) is 4.65. The zero-order chi connectivity index (χ0) is 22.4. The molecule has 0 aliphatic heterocycles. The Labute approximate surface area is 183 Å². The molecule has 1 unspecified atom stereocenters. The highest BCUT2D eigenvalue weighted by Gasteiger charge is 2.18. The zero-order valence-electron chi connectivity index (χ0n) is 18.8. The third kappa shape index (κ3) is 6.00. The van der Waals surface area contributed by atoms with Gasteiger partial charge in [-0.05, 0) is 50.8 Å². The van der Waals surface area contributed by atoms with Gasteiger partial charge in [0.2, 0.25) is 5.91 Å². The molecule has 1 aromatic carbocycles. The lowest BCUT2D eigenvalue weighted by molar-refractivity contribution is -0.117. The molecule has 1 aliphatic carbocycles. The number of nitrogens with zero attached hydrogens (tertiary/aromatic N) is 1. The van der Waals surface area contributed by atoms with Crippen LogP contribution in [0.25, 0.3) is 10.9 Å². The van der Waals surface area contributed by atoms with Crippen molar-refractivity contribution in [3.8, 4) is 0 Å². The topological polar surface area (TPSA) is 89.9 Å². The third-order valence-electron chi connectivity index (χ3n) is 6.10. The second-order valence-electron chi connectivity index (χ2n) is 8.51. The Morgan fingerprint density at radius 3 is 2.71 bits per heavy atom. The molecule has 1 aromatic heterocycles. The van der Waals surface area contributed by atoms with Crippen molar-refractivity contribution in [2.24, 2.45) is 0 Å². The first kappa shape index (κ1) is 23.1. The van der Waals surface area contributed by atoms with Crippen LogP contribution in [0.4, 0.5) is 10.2 Å². The molecule has 2 aromatic rings. The summed E-state index contributed by atoms with van der Waals surface area (Å²) in [6.07, 6.45) is 8.41. The fraction of sp³-hybridized carbons (Fsp3) is 0.542. The molecular weight excluding hydrogens is 393 g/mol. The predicted molar refractivity (Wildman–Crippen MR) is 124 cm³/mol. The van der Waals surface area contributed by atoms with E-state index in [-0.39, 0.29) is 17.6 Å². The van der Waals surface area contributed by atoms with Crippen LogP contribution in [0, 0.1) is 18.2 Å². The molecule has 168 valence electrons. The van der Waals surface area contributed by atoms with Crippen molar-refractivity contribution in [2.45, 2.75) is 77.8 Å². The Kier molecular flexibility index (Phi) is 7.96. The summed E-state index contributed by atoms with van der Waals surface area (Å²) in [5, 5.41) is 18.7. The van der Waals surface area contributed by atoms with Crippen LogP contribution in [0.15, 0.2) is 18.2 Å². The second kappa shape index (κ2) is 10.7. The van der Waals surface area contributed by atoms with E-state index >= 15 is 0 Å². The van der Waals surface area contributed by atoms with E-state index in [1.165, 1.54) is 45.1 Å². The fourth-order valence-corrected chi connectivity index (χ4v) is 4.30. The number of aryl methyl sites for hydroxylation is 1. The van der Waals surface area contributed by atoms with Gasteiger partial charge in [-0.2, -0.15) is 0 Å². The number of pyridine rings is 1. The lowest BCUT2D eigenvalue weighted by atomic mass is 9.94. The SMILES string of the molecule is CCC(CCNc1nc2c(C)c(F)ccc2cc1C(=N)NC(C)=O)NC1CCCCC1. The lowest BCUT2D eigenvalue weighted by Gasteiger charge is -2.28. The quantitative estimate of drug-likeness (QED) is 0.365. The summed E-state index contributed by atoms with van der Waals surface area (Å²) in [4.78, 5) is 16.1. The van der Waals surface area contributed by atoms with Gasteiger partial charge < -0.3 is 16.0 Å². The van der Waals surface area contributed by atoms with Gasteiger partial charge in [-0.1, -0.05) is 26.2 Å². The average molecular weight is 428 g/mol. The summed E-state index contributed by atoms with van der Waals surface area (Å²) in [6.45, 7) is 5.94. The molecule has 1 amide bonds. The van der Waals surface area contributed by atoms with E-state index in [2.05, 4.69) is 27.9 Å². The molecule has 1 fully saturated rings. The lowest BCUT2D eigenvalue weighted by Crippen LogP contribution is -2.40. The molecule has 0 saturated heterocycles. The van der Waals surface area contributed by atoms with Gasteiger partial charge >= 0.3 is 0 Å². The van der Waals surface area contributed by atoms with E-state index in [1.54, 1.807) is 19.1 Å². The number of nitrogens with one attached hydrogen (secondary N) is 4. The third-order valence-corrected chi connectivity index (χ3v) is 6.10. The Morgan fingerprint density at radius 2 is 2.03 bits per heavy atom. The molecular formula is C24H34FN5O. The highest BCUT2D eigenvalue weighted by molar-refractivity contribution is 6.10. The first-order valence-electron chi connectivity index (χ1n) is 11.3. The fourth-order valence-electron chi connectivity index (χ4n) is 4.30. The maximum Gasteiger partial charge on any atom is 0.222 e. The molecule has 1 heterocycles. The number of aromatic nitrogens is 1. The monoisotopic (exact) mass is 427 g/mol. The minimum Gasteiger partial charge on any atom is -0.369 e. The summed E-state index contributed by atoms with van der Waals surface area (Å²) in [6, 6.07) is 5.86. The molecule has 4 N–H and O–H groups in total. The van der Waals surface area contributed by atoms with Crippen molar-refractivity contribution < 1.29 is 9.18 Å². The van der Waals surface area contributed by atoms with Crippen LogP contribution in [-0.2, 0) is 4.79 Å². The Hall–Kier alpha value is -2.54. The van der Waals surface area contributed by atoms with Crippen LogP contribution >= 0.6 is 0 Å².